The maximum absolute atomic E-state index is 12.9. The van der Waals surface area contributed by atoms with E-state index in [2.05, 4.69) is 4.72 Å². The molecule has 1 aliphatic carbocycles. The summed E-state index contributed by atoms with van der Waals surface area (Å²) in [6.45, 7) is 5.80. The molecule has 7 nitrogen and oxygen atoms in total. The number of sulfonamides is 1. The molecule has 8 heteroatoms. The first kappa shape index (κ1) is 22.3. The van der Waals surface area contributed by atoms with Crippen LogP contribution in [0.2, 0.25) is 0 Å². The van der Waals surface area contributed by atoms with E-state index in [1.54, 1.807) is 30.1 Å². The van der Waals surface area contributed by atoms with E-state index in [9.17, 15) is 18.0 Å². The topological polar surface area (TPSA) is 86.8 Å². The van der Waals surface area contributed by atoms with E-state index in [0.29, 0.717) is 6.54 Å². The predicted octanol–water partition coefficient (Wildman–Crippen LogP) is 2.65. The van der Waals surface area contributed by atoms with Gasteiger partial charge in [0.15, 0.2) is 0 Å². The molecule has 0 bridgehead atoms. The number of fused-ring (bicyclic) bond motifs is 1. The molecule has 2 fully saturated rings. The second kappa shape index (κ2) is 8.20. The number of nitrogens with zero attached hydrogens (tertiary/aromatic N) is 2. The van der Waals surface area contributed by atoms with Crippen molar-refractivity contribution in [2.75, 3.05) is 31.6 Å². The van der Waals surface area contributed by atoms with Crippen molar-refractivity contribution in [3.63, 3.8) is 0 Å². The fraction of sp³-hybridized carbons (Fsp3) is 0.652. The molecule has 2 amide bonds. The molecule has 170 valence electrons. The first-order valence-electron chi connectivity index (χ1n) is 11.3. The largest absolute Gasteiger partial charge is 0.342 e. The molecule has 0 aromatic heterocycles. The van der Waals surface area contributed by atoms with E-state index >= 15 is 0 Å². The lowest BCUT2D eigenvalue weighted by Gasteiger charge is -2.30. The minimum absolute atomic E-state index is 0.0368. The van der Waals surface area contributed by atoms with Gasteiger partial charge in [0.1, 0.15) is 0 Å². The molecule has 3 aliphatic rings. The van der Waals surface area contributed by atoms with Crippen LogP contribution in [0.1, 0.15) is 57.9 Å². The summed E-state index contributed by atoms with van der Waals surface area (Å²) in [7, 11) is -1.95. The SMILES string of the molecule is CN1C(=O)C(C)(C)c2cc(S(=O)(=O)NCC3CCC(C(=O)N4CCCC4)CC3)ccc21. The Labute approximate surface area is 185 Å². The van der Waals surface area contributed by atoms with Gasteiger partial charge in [-0.3, -0.25) is 9.59 Å². The highest BCUT2D eigenvalue weighted by Gasteiger charge is 2.42. The second-order valence-corrected chi connectivity index (χ2v) is 11.5. The molecule has 31 heavy (non-hydrogen) atoms. The Bertz CT molecular complexity index is 975. The lowest BCUT2D eigenvalue weighted by molar-refractivity contribution is -0.135. The number of rotatable bonds is 5. The number of nitrogens with one attached hydrogen (secondary N) is 1. The van der Waals surface area contributed by atoms with Crippen molar-refractivity contribution in [2.24, 2.45) is 11.8 Å². The molecule has 2 aliphatic heterocycles. The molecule has 2 heterocycles. The average Bonchev–Trinajstić information content (AvgIpc) is 3.35. The van der Waals surface area contributed by atoms with Crippen molar-refractivity contribution >= 4 is 27.5 Å². The van der Waals surface area contributed by atoms with Crippen LogP contribution in [0.5, 0.6) is 0 Å². The normalized spacial score (nSPS) is 25.7. The number of anilines is 1. The van der Waals surface area contributed by atoms with Gasteiger partial charge >= 0.3 is 0 Å². The van der Waals surface area contributed by atoms with Crippen LogP contribution < -0.4 is 9.62 Å². The fourth-order valence-corrected chi connectivity index (χ4v) is 6.38. The van der Waals surface area contributed by atoms with E-state index in [0.717, 1.165) is 62.9 Å². The number of carbonyl (C=O) groups is 2. The Morgan fingerprint density at radius 3 is 2.42 bits per heavy atom. The van der Waals surface area contributed by atoms with Crippen LogP contribution in [0.25, 0.3) is 0 Å². The van der Waals surface area contributed by atoms with Gasteiger partial charge < -0.3 is 9.80 Å². The maximum atomic E-state index is 12.9. The van der Waals surface area contributed by atoms with Crippen molar-refractivity contribution < 1.29 is 18.0 Å². The first-order valence-corrected chi connectivity index (χ1v) is 12.8. The number of hydrogen-bond acceptors (Lipinski definition) is 4. The van der Waals surface area contributed by atoms with Crippen LogP contribution >= 0.6 is 0 Å². The third-order valence-electron chi connectivity index (χ3n) is 7.33. The van der Waals surface area contributed by atoms with Gasteiger partial charge in [0.05, 0.1) is 10.3 Å². The van der Waals surface area contributed by atoms with Gasteiger partial charge in [0.2, 0.25) is 21.8 Å². The molecule has 0 atom stereocenters. The standard InChI is InChI=1S/C23H33N3O4S/c1-23(2)19-14-18(10-11-20(19)25(3)22(23)28)31(29,30)24-15-16-6-8-17(9-7-16)21(27)26-12-4-5-13-26/h10-11,14,16-17,24H,4-9,12-13,15H2,1-3H3. The zero-order chi connectivity index (χ0) is 22.4. The number of amides is 2. The van der Waals surface area contributed by atoms with Crippen LogP contribution in [0.3, 0.4) is 0 Å². The smallest absolute Gasteiger partial charge is 0.240 e. The summed E-state index contributed by atoms with van der Waals surface area (Å²) in [4.78, 5) is 28.8. The van der Waals surface area contributed by atoms with Gasteiger partial charge in [-0.2, -0.15) is 0 Å². The lowest BCUT2D eigenvalue weighted by Crippen LogP contribution is -2.37. The highest BCUT2D eigenvalue weighted by atomic mass is 32.2. The quantitative estimate of drug-likeness (QED) is 0.752. The molecule has 1 aromatic carbocycles. The van der Waals surface area contributed by atoms with Crippen molar-refractivity contribution in [2.45, 2.75) is 62.7 Å². The van der Waals surface area contributed by atoms with Crippen molar-refractivity contribution in [3.8, 4) is 0 Å². The van der Waals surface area contributed by atoms with E-state index in [1.807, 2.05) is 18.7 Å². The average molecular weight is 448 g/mol. The van der Waals surface area contributed by atoms with Crippen molar-refractivity contribution in [1.29, 1.82) is 0 Å². The molecular formula is C23H33N3O4S. The Kier molecular flexibility index (Phi) is 5.89. The molecule has 0 spiro atoms. The third-order valence-corrected chi connectivity index (χ3v) is 8.75. The second-order valence-electron chi connectivity index (χ2n) is 9.77. The van der Waals surface area contributed by atoms with Crippen LogP contribution in [0.15, 0.2) is 23.1 Å². The third kappa shape index (κ3) is 4.12. The highest BCUT2D eigenvalue weighted by Crippen LogP contribution is 2.41. The van der Waals surface area contributed by atoms with E-state index < -0.39 is 15.4 Å². The number of hydrogen-bond donors (Lipinski definition) is 1. The van der Waals surface area contributed by atoms with Gasteiger partial charge in [0, 0.05) is 38.3 Å². The Morgan fingerprint density at radius 2 is 1.77 bits per heavy atom. The van der Waals surface area contributed by atoms with Gasteiger partial charge in [-0.1, -0.05) is 0 Å². The van der Waals surface area contributed by atoms with Crippen LogP contribution in [0, 0.1) is 11.8 Å². The van der Waals surface area contributed by atoms with E-state index in [4.69, 9.17) is 0 Å². The zero-order valence-electron chi connectivity index (χ0n) is 18.7. The van der Waals surface area contributed by atoms with Crippen molar-refractivity contribution in [1.82, 2.24) is 9.62 Å². The van der Waals surface area contributed by atoms with Gasteiger partial charge in [-0.25, -0.2) is 13.1 Å². The monoisotopic (exact) mass is 447 g/mol. The predicted molar refractivity (Wildman–Crippen MR) is 119 cm³/mol. The molecule has 0 unspecified atom stereocenters. The lowest BCUT2D eigenvalue weighted by atomic mass is 9.81. The van der Waals surface area contributed by atoms with Crippen LogP contribution in [0.4, 0.5) is 5.69 Å². The number of likely N-dealkylation sites (tertiary alicyclic amines) is 1. The minimum atomic E-state index is -3.66. The molecule has 4 rings (SSSR count). The number of carbonyl (C=O) groups excluding carboxylic acids is 2. The summed E-state index contributed by atoms with van der Waals surface area (Å²) >= 11 is 0. The van der Waals surface area contributed by atoms with Crippen LogP contribution in [-0.2, 0) is 25.0 Å². The highest BCUT2D eigenvalue weighted by molar-refractivity contribution is 7.89. The molecule has 1 saturated carbocycles. The summed E-state index contributed by atoms with van der Waals surface area (Å²) in [5, 5.41) is 0. The van der Waals surface area contributed by atoms with E-state index in [1.165, 1.54) is 0 Å². The summed E-state index contributed by atoms with van der Waals surface area (Å²) < 4.78 is 28.6. The minimum Gasteiger partial charge on any atom is -0.342 e. The van der Waals surface area contributed by atoms with Gasteiger partial charge in [0.25, 0.3) is 0 Å². The zero-order valence-corrected chi connectivity index (χ0v) is 19.5. The summed E-state index contributed by atoms with van der Waals surface area (Å²) in [5.41, 5.74) is 0.759. The summed E-state index contributed by atoms with van der Waals surface area (Å²) in [5.74, 6) is 0.595. The summed E-state index contributed by atoms with van der Waals surface area (Å²) in [6, 6.07) is 4.91. The Balaban J connectivity index is 1.36. The fourth-order valence-electron chi connectivity index (χ4n) is 5.24. The molecular weight excluding hydrogens is 414 g/mol. The Hall–Kier alpha value is -1.93. The van der Waals surface area contributed by atoms with Crippen LogP contribution in [-0.4, -0.2) is 51.8 Å². The number of benzene rings is 1. The first-order chi connectivity index (χ1) is 14.6. The molecule has 1 saturated heterocycles. The van der Waals surface area contributed by atoms with Crippen molar-refractivity contribution in [3.05, 3.63) is 23.8 Å². The van der Waals surface area contributed by atoms with Gasteiger partial charge in [-0.05, 0) is 82.1 Å². The molecule has 1 aromatic rings. The maximum Gasteiger partial charge on any atom is 0.240 e. The summed E-state index contributed by atoms with van der Waals surface area (Å²) in [6.07, 6.45) is 5.61. The molecule has 1 N–H and O–H groups in total. The van der Waals surface area contributed by atoms with Gasteiger partial charge in [-0.15, -0.1) is 0 Å². The molecule has 0 radical (unpaired) electrons. The van der Waals surface area contributed by atoms with E-state index in [-0.39, 0.29) is 28.5 Å². The number of likely N-dealkylation sites (N-methyl/N-ethyl adjacent to an activating group) is 1. The Morgan fingerprint density at radius 1 is 1.13 bits per heavy atom.